The van der Waals surface area contributed by atoms with Gasteiger partial charge in [-0.15, -0.1) is 0 Å². The summed E-state index contributed by atoms with van der Waals surface area (Å²) >= 11 is 0. The van der Waals surface area contributed by atoms with E-state index in [1.165, 1.54) is 0 Å². The highest BCUT2D eigenvalue weighted by Crippen LogP contribution is 2.41. The van der Waals surface area contributed by atoms with Crippen LogP contribution in [0.1, 0.15) is 30.4 Å². The van der Waals surface area contributed by atoms with Crippen molar-refractivity contribution in [1.82, 2.24) is 19.7 Å². The SMILES string of the molecule is O=C1CC2(CCN(Cc3ccc(OC(F)F)cc3)CC2)n2nccc2N1Cc1ccncc1. The molecular weight excluding hydrogens is 428 g/mol. The molecule has 0 unspecified atom stereocenters. The molecule has 2 aliphatic heterocycles. The van der Waals surface area contributed by atoms with Crippen LogP contribution in [0.3, 0.4) is 0 Å². The van der Waals surface area contributed by atoms with Crippen molar-refractivity contribution in [2.75, 3.05) is 18.0 Å². The number of anilines is 1. The zero-order chi connectivity index (χ0) is 22.8. The Bertz CT molecular complexity index is 1100. The number of hydrogen-bond donors (Lipinski definition) is 0. The summed E-state index contributed by atoms with van der Waals surface area (Å²) in [5.41, 5.74) is 1.76. The summed E-state index contributed by atoms with van der Waals surface area (Å²) in [4.78, 5) is 21.4. The summed E-state index contributed by atoms with van der Waals surface area (Å²) in [6.45, 7) is 0.0538. The first-order chi connectivity index (χ1) is 16.0. The number of ether oxygens (including phenoxy) is 1. The van der Waals surface area contributed by atoms with Gasteiger partial charge in [-0.3, -0.25) is 19.6 Å². The number of aromatic nitrogens is 3. The third kappa shape index (κ3) is 4.45. The zero-order valence-electron chi connectivity index (χ0n) is 18.1. The van der Waals surface area contributed by atoms with Crippen molar-refractivity contribution in [2.45, 2.75) is 44.5 Å². The van der Waals surface area contributed by atoms with E-state index >= 15 is 0 Å². The van der Waals surface area contributed by atoms with Gasteiger partial charge in [-0.25, -0.2) is 4.68 Å². The fourth-order valence-corrected chi connectivity index (χ4v) is 4.84. The van der Waals surface area contributed by atoms with Crippen molar-refractivity contribution in [3.8, 4) is 5.75 Å². The maximum atomic E-state index is 13.2. The first kappa shape index (κ1) is 21.5. The number of piperidine rings is 1. The van der Waals surface area contributed by atoms with Crippen LogP contribution in [-0.4, -0.2) is 45.3 Å². The number of nitrogens with zero attached hydrogens (tertiary/aromatic N) is 5. The van der Waals surface area contributed by atoms with Gasteiger partial charge in [0.05, 0.1) is 24.7 Å². The predicted octanol–water partition coefficient (Wildman–Crippen LogP) is 3.81. The highest BCUT2D eigenvalue weighted by atomic mass is 19.3. The average molecular weight is 453 g/mol. The molecule has 1 aromatic carbocycles. The summed E-state index contributed by atoms with van der Waals surface area (Å²) in [5, 5.41) is 4.62. The van der Waals surface area contributed by atoms with Crippen molar-refractivity contribution >= 4 is 11.7 Å². The summed E-state index contributed by atoms with van der Waals surface area (Å²) in [7, 11) is 0. The number of likely N-dealkylation sites (tertiary alicyclic amines) is 1. The number of pyridine rings is 1. The van der Waals surface area contributed by atoms with E-state index in [1.807, 2.05) is 39.9 Å². The highest BCUT2D eigenvalue weighted by molar-refractivity contribution is 5.94. The Morgan fingerprint density at radius 3 is 2.33 bits per heavy atom. The first-order valence-electron chi connectivity index (χ1n) is 11.0. The lowest BCUT2D eigenvalue weighted by Gasteiger charge is -2.46. The maximum Gasteiger partial charge on any atom is 0.387 e. The first-order valence-corrected chi connectivity index (χ1v) is 11.0. The van der Waals surface area contributed by atoms with Gasteiger partial charge in [0, 0.05) is 38.1 Å². The van der Waals surface area contributed by atoms with Gasteiger partial charge in [0.15, 0.2) is 0 Å². The molecule has 2 aromatic heterocycles. The van der Waals surface area contributed by atoms with E-state index in [0.29, 0.717) is 13.0 Å². The van der Waals surface area contributed by atoms with E-state index in [0.717, 1.165) is 49.4 Å². The van der Waals surface area contributed by atoms with E-state index in [4.69, 9.17) is 0 Å². The smallest absolute Gasteiger partial charge is 0.387 e. The molecule has 9 heteroatoms. The largest absolute Gasteiger partial charge is 0.435 e. The Morgan fingerprint density at radius 1 is 0.939 bits per heavy atom. The number of carbonyl (C=O) groups is 1. The van der Waals surface area contributed by atoms with Gasteiger partial charge in [-0.2, -0.15) is 13.9 Å². The quantitative estimate of drug-likeness (QED) is 0.568. The Labute approximate surface area is 190 Å². The number of rotatable bonds is 6. The Kier molecular flexibility index (Phi) is 5.80. The van der Waals surface area contributed by atoms with Crippen molar-refractivity contribution in [2.24, 2.45) is 0 Å². The number of amides is 1. The van der Waals surface area contributed by atoms with E-state index in [1.54, 1.807) is 30.7 Å². The van der Waals surface area contributed by atoms with Crippen LogP contribution < -0.4 is 9.64 Å². The molecule has 0 radical (unpaired) electrons. The molecule has 172 valence electrons. The van der Waals surface area contributed by atoms with Crippen LogP contribution in [0.15, 0.2) is 61.1 Å². The lowest BCUT2D eigenvalue weighted by atomic mass is 9.82. The minimum atomic E-state index is -2.82. The molecule has 3 aromatic rings. The van der Waals surface area contributed by atoms with Gasteiger partial charge in [-0.1, -0.05) is 12.1 Å². The van der Waals surface area contributed by atoms with E-state index < -0.39 is 6.61 Å². The molecule has 1 fully saturated rings. The van der Waals surface area contributed by atoms with E-state index in [2.05, 4.69) is 19.7 Å². The number of hydrogen-bond acceptors (Lipinski definition) is 5. The molecule has 0 N–H and O–H groups in total. The standard InChI is InChI=1S/C24H25F2N5O2/c25-23(26)33-20-3-1-18(2-4-20)16-29-13-8-24(9-14-29)15-22(32)30(21-7-12-28-31(21)24)17-19-5-10-27-11-6-19/h1-7,10-12,23H,8-9,13-17H2. The number of fused-ring (bicyclic) bond motifs is 2. The van der Waals surface area contributed by atoms with Gasteiger partial charge in [0.25, 0.3) is 0 Å². The fraction of sp³-hybridized carbons (Fsp3) is 0.375. The van der Waals surface area contributed by atoms with Crippen molar-refractivity contribution in [1.29, 1.82) is 0 Å². The zero-order valence-corrected chi connectivity index (χ0v) is 18.1. The van der Waals surface area contributed by atoms with Gasteiger partial charge in [0.2, 0.25) is 5.91 Å². The summed E-state index contributed by atoms with van der Waals surface area (Å²) in [5.74, 6) is 1.11. The van der Waals surface area contributed by atoms with Crippen LogP contribution in [0.2, 0.25) is 0 Å². The van der Waals surface area contributed by atoms with E-state index in [-0.39, 0.29) is 17.2 Å². The lowest BCUT2D eigenvalue weighted by molar-refractivity contribution is -0.123. The maximum absolute atomic E-state index is 13.2. The van der Waals surface area contributed by atoms with Crippen LogP contribution in [-0.2, 0) is 23.4 Å². The summed E-state index contributed by atoms with van der Waals surface area (Å²) in [6, 6.07) is 12.5. The molecule has 5 rings (SSSR count). The molecule has 0 aliphatic carbocycles. The highest BCUT2D eigenvalue weighted by Gasteiger charge is 2.45. The monoisotopic (exact) mass is 453 g/mol. The molecule has 1 amide bonds. The van der Waals surface area contributed by atoms with Crippen molar-refractivity contribution in [3.63, 3.8) is 0 Å². The third-order valence-electron chi connectivity index (χ3n) is 6.56. The molecule has 1 saturated heterocycles. The van der Waals surface area contributed by atoms with Gasteiger partial charge in [-0.05, 0) is 48.2 Å². The normalized spacial score (nSPS) is 18.0. The fourth-order valence-electron chi connectivity index (χ4n) is 4.84. The molecule has 7 nitrogen and oxygen atoms in total. The average Bonchev–Trinajstić information content (AvgIpc) is 3.31. The number of alkyl halides is 2. The third-order valence-corrected chi connectivity index (χ3v) is 6.56. The Morgan fingerprint density at radius 2 is 1.64 bits per heavy atom. The second-order valence-corrected chi connectivity index (χ2v) is 8.64. The minimum Gasteiger partial charge on any atom is -0.435 e. The van der Waals surface area contributed by atoms with Gasteiger partial charge in [0.1, 0.15) is 11.6 Å². The summed E-state index contributed by atoms with van der Waals surface area (Å²) in [6.07, 6.45) is 7.31. The van der Waals surface area contributed by atoms with Crippen molar-refractivity contribution in [3.05, 3.63) is 72.2 Å². The van der Waals surface area contributed by atoms with Gasteiger partial charge >= 0.3 is 6.61 Å². The summed E-state index contributed by atoms with van der Waals surface area (Å²) < 4.78 is 31.2. The second-order valence-electron chi connectivity index (χ2n) is 8.64. The molecule has 1 spiro atoms. The molecule has 0 atom stereocenters. The lowest BCUT2D eigenvalue weighted by Crippen LogP contribution is -2.53. The topological polar surface area (TPSA) is 63.5 Å². The number of benzene rings is 1. The molecular formula is C24H25F2N5O2. The van der Waals surface area contributed by atoms with Crippen LogP contribution in [0, 0.1) is 0 Å². The molecule has 0 saturated carbocycles. The van der Waals surface area contributed by atoms with Crippen LogP contribution >= 0.6 is 0 Å². The predicted molar refractivity (Wildman–Crippen MR) is 118 cm³/mol. The second kappa shape index (κ2) is 8.90. The Hall–Kier alpha value is -3.33. The van der Waals surface area contributed by atoms with Crippen LogP contribution in [0.4, 0.5) is 14.6 Å². The van der Waals surface area contributed by atoms with Crippen LogP contribution in [0.25, 0.3) is 0 Å². The molecule has 0 bridgehead atoms. The van der Waals surface area contributed by atoms with Crippen LogP contribution in [0.5, 0.6) is 5.75 Å². The number of halogens is 2. The minimum absolute atomic E-state index is 0.114. The van der Waals surface area contributed by atoms with E-state index in [9.17, 15) is 13.6 Å². The number of carbonyl (C=O) groups excluding carboxylic acids is 1. The molecule has 4 heterocycles. The van der Waals surface area contributed by atoms with Gasteiger partial charge < -0.3 is 4.74 Å². The van der Waals surface area contributed by atoms with Crippen molar-refractivity contribution < 1.29 is 18.3 Å². The Balaban J connectivity index is 1.26. The molecule has 33 heavy (non-hydrogen) atoms. The molecule has 2 aliphatic rings.